The van der Waals surface area contributed by atoms with E-state index in [0.717, 1.165) is 0 Å². The van der Waals surface area contributed by atoms with Crippen LogP contribution in [0.3, 0.4) is 0 Å². The van der Waals surface area contributed by atoms with Crippen molar-refractivity contribution in [2.75, 3.05) is 26.3 Å². The molecule has 0 aromatic carbocycles. The zero-order valence-electron chi connectivity index (χ0n) is 14.9. The van der Waals surface area contributed by atoms with Crippen molar-refractivity contribution in [2.45, 2.75) is 41.5 Å². The molecule has 0 atom stereocenters. The highest BCUT2D eigenvalue weighted by atomic mass is 16.5. The first-order valence-electron chi connectivity index (χ1n) is 8.07. The Bertz CT molecular complexity index is 597. The molecule has 1 heterocycles. The van der Waals surface area contributed by atoms with Crippen molar-refractivity contribution in [3.8, 4) is 0 Å². The summed E-state index contributed by atoms with van der Waals surface area (Å²) in [5.41, 5.74) is 0.642. The van der Waals surface area contributed by atoms with E-state index in [1.807, 2.05) is 46.4 Å². The summed E-state index contributed by atoms with van der Waals surface area (Å²) in [5, 5.41) is 9.37. The SMILES string of the molecule is CC(C)(C)C1=C2OCCN(CCO)C2=C(C(C)(C)C)C(=O)C1=O. The van der Waals surface area contributed by atoms with E-state index in [1.165, 1.54) is 0 Å². The Morgan fingerprint density at radius 1 is 1.00 bits per heavy atom. The number of morpholine rings is 1. The predicted molar refractivity (Wildman–Crippen MR) is 87.6 cm³/mol. The van der Waals surface area contributed by atoms with Gasteiger partial charge in [-0.3, -0.25) is 9.59 Å². The second-order valence-electron chi connectivity index (χ2n) is 8.15. The molecule has 2 aliphatic rings. The lowest BCUT2D eigenvalue weighted by atomic mass is 9.71. The van der Waals surface area contributed by atoms with E-state index in [9.17, 15) is 14.7 Å². The first kappa shape index (κ1) is 17.7. The Labute approximate surface area is 138 Å². The second kappa shape index (κ2) is 5.78. The molecule has 0 aromatic rings. The van der Waals surface area contributed by atoms with Gasteiger partial charge in [0.05, 0.1) is 24.4 Å². The Kier molecular flexibility index (Phi) is 4.46. The Balaban J connectivity index is 2.80. The molecule has 0 aromatic heterocycles. The van der Waals surface area contributed by atoms with Crippen LogP contribution >= 0.6 is 0 Å². The van der Waals surface area contributed by atoms with Crippen LogP contribution in [0, 0.1) is 10.8 Å². The minimum atomic E-state index is -0.487. The van der Waals surface area contributed by atoms with Crippen LogP contribution in [0.15, 0.2) is 22.6 Å². The van der Waals surface area contributed by atoms with Gasteiger partial charge in [0.25, 0.3) is 0 Å². The highest BCUT2D eigenvalue weighted by Crippen LogP contribution is 2.44. The van der Waals surface area contributed by atoms with Gasteiger partial charge in [0.1, 0.15) is 6.61 Å². The smallest absolute Gasteiger partial charge is 0.233 e. The van der Waals surface area contributed by atoms with Crippen LogP contribution < -0.4 is 0 Å². The Morgan fingerprint density at radius 2 is 1.52 bits per heavy atom. The number of β-amino-alcohol motifs (C(OH)–C–C–N with tert-alkyl or cyclic N) is 1. The van der Waals surface area contributed by atoms with Crippen molar-refractivity contribution in [3.05, 3.63) is 22.6 Å². The first-order valence-corrected chi connectivity index (χ1v) is 8.07. The first-order chi connectivity index (χ1) is 10.5. The number of carbonyl (C=O) groups is 2. The maximum Gasteiger partial charge on any atom is 0.233 e. The molecule has 1 N–H and O–H groups in total. The topological polar surface area (TPSA) is 66.8 Å². The molecule has 2 rings (SSSR count). The van der Waals surface area contributed by atoms with Crippen LogP contribution in [0.5, 0.6) is 0 Å². The van der Waals surface area contributed by atoms with E-state index in [4.69, 9.17) is 4.74 Å². The molecular formula is C18H27NO4. The van der Waals surface area contributed by atoms with Gasteiger partial charge in [-0.1, -0.05) is 41.5 Å². The summed E-state index contributed by atoms with van der Waals surface area (Å²) in [6.07, 6.45) is 0. The number of hydrogen-bond acceptors (Lipinski definition) is 5. The number of ketones is 2. The van der Waals surface area contributed by atoms with Gasteiger partial charge in [0.2, 0.25) is 11.6 Å². The van der Waals surface area contributed by atoms with Gasteiger partial charge in [0, 0.05) is 12.1 Å². The summed E-state index contributed by atoms with van der Waals surface area (Å²) in [7, 11) is 0. The number of rotatable bonds is 2. The Morgan fingerprint density at radius 3 is 2.00 bits per heavy atom. The third-order valence-electron chi connectivity index (χ3n) is 4.13. The highest BCUT2D eigenvalue weighted by Gasteiger charge is 2.46. The number of carbonyl (C=O) groups excluding carboxylic acids is 2. The predicted octanol–water partition coefficient (Wildman–Crippen LogP) is 2.06. The molecule has 0 saturated carbocycles. The third kappa shape index (κ3) is 3.07. The van der Waals surface area contributed by atoms with Crippen LogP contribution in [0.4, 0.5) is 0 Å². The van der Waals surface area contributed by atoms with Crippen molar-refractivity contribution in [1.82, 2.24) is 4.90 Å². The van der Waals surface area contributed by atoms with E-state index in [-0.39, 0.29) is 6.61 Å². The maximum absolute atomic E-state index is 12.8. The lowest BCUT2D eigenvalue weighted by molar-refractivity contribution is -0.134. The average molecular weight is 321 g/mol. The fourth-order valence-electron chi connectivity index (χ4n) is 3.20. The lowest BCUT2D eigenvalue weighted by Crippen LogP contribution is -2.45. The minimum Gasteiger partial charge on any atom is -0.489 e. The molecule has 5 nitrogen and oxygen atoms in total. The molecule has 1 fully saturated rings. The number of Topliss-reactive ketones (excluding diaryl/α,β-unsaturated/α-hetero) is 2. The van der Waals surface area contributed by atoms with E-state index >= 15 is 0 Å². The summed E-state index contributed by atoms with van der Waals surface area (Å²) in [5.74, 6) is -0.395. The molecular weight excluding hydrogens is 294 g/mol. The lowest BCUT2D eigenvalue weighted by Gasteiger charge is -2.42. The summed E-state index contributed by atoms with van der Waals surface area (Å²) in [4.78, 5) is 27.6. The van der Waals surface area contributed by atoms with E-state index in [0.29, 0.717) is 42.3 Å². The molecule has 1 aliphatic carbocycles. The number of fused-ring (bicyclic) bond motifs is 1. The number of nitrogens with zero attached hydrogens (tertiary/aromatic N) is 1. The zero-order chi connectivity index (χ0) is 17.6. The number of aliphatic hydroxyl groups excluding tert-OH is 1. The minimum absolute atomic E-state index is 0.0127. The van der Waals surface area contributed by atoms with Gasteiger partial charge in [-0.25, -0.2) is 0 Å². The van der Waals surface area contributed by atoms with Gasteiger partial charge in [-0.2, -0.15) is 0 Å². The number of allylic oxidation sites excluding steroid dienone is 2. The summed E-state index contributed by atoms with van der Waals surface area (Å²) >= 11 is 0. The quantitative estimate of drug-likeness (QED) is 0.623. The fourth-order valence-corrected chi connectivity index (χ4v) is 3.20. The highest BCUT2D eigenvalue weighted by molar-refractivity contribution is 6.50. The molecule has 0 unspecified atom stereocenters. The largest absolute Gasteiger partial charge is 0.489 e. The zero-order valence-corrected chi connectivity index (χ0v) is 14.9. The second-order valence-corrected chi connectivity index (χ2v) is 8.15. The number of hydrogen-bond donors (Lipinski definition) is 1. The molecule has 0 bridgehead atoms. The molecule has 1 saturated heterocycles. The van der Waals surface area contributed by atoms with Gasteiger partial charge < -0.3 is 14.7 Å². The van der Waals surface area contributed by atoms with Crippen LogP contribution in [-0.2, 0) is 14.3 Å². The van der Waals surface area contributed by atoms with Gasteiger partial charge in [-0.15, -0.1) is 0 Å². The number of aliphatic hydroxyl groups is 1. The van der Waals surface area contributed by atoms with Crippen LogP contribution in [0.1, 0.15) is 41.5 Å². The summed E-state index contributed by atoms with van der Waals surface area (Å²) in [6.45, 7) is 12.9. The van der Waals surface area contributed by atoms with Crippen molar-refractivity contribution in [3.63, 3.8) is 0 Å². The fraction of sp³-hybridized carbons (Fsp3) is 0.667. The van der Waals surface area contributed by atoms with Gasteiger partial charge in [0.15, 0.2) is 5.76 Å². The van der Waals surface area contributed by atoms with Crippen LogP contribution in [-0.4, -0.2) is 47.9 Å². The standard InChI is InChI=1S/C18H27NO4/c1-17(2,3)11-13-16(23-10-8-19(13)7-9-20)12(18(4,5)6)15(22)14(11)21/h20H,7-10H2,1-6H3. The molecule has 0 amide bonds. The van der Waals surface area contributed by atoms with Crippen molar-refractivity contribution in [1.29, 1.82) is 0 Å². The van der Waals surface area contributed by atoms with Gasteiger partial charge in [-0.05, 0) is 10.8 Å². The molecule has 1 aliphatic heterocycles. The van der Waals surface area contributed by atoms with Crippen molar-refractivity contribution >= 4 is 11.6 Å². The van der Waals surface area contributed by atoms with Crippen LogP contribution in [0.2, 0.25) is 0 Å². The number of ether oxygens (including phenoxy) is 1. The molecule has 23 heavy (non-hydrogen) atoms. The molecule has 5 heteroatoms. The molecule has 0 radical (unpaired) electrons. The van der Waals surface area contributed by atoms with E-state index < -0.39 is 22.4 Å². The molecule has 0 spiro atoms. The normalized spacial score (nSPS) is 20.0. The average Bonchev–Trinajstić information content (AvgIpc) is 2.38. The third-order valence-corrected chi connectivity index (χ3v) is 4.13. The monoisotopic (exact) mass is 321 g/mol. The van der Waals surface area contributed by atoms with Crippen molar-refractivity contribution in [2.24, 2.45) is 10.8 Å². The van der Waals surface area contributed by atoms with E-state index in [2.05, 4.69) is 0 Å². The van der Waals surface area contributed by atoms with Gasteiger partial charge >= 0.3 is 0 Å². The summed E-state index contributed by atoms with van der Waals surface area (Å²) < 4.78 is 5.87. The summed E-state index contributed by atoms with van der Waals surface area (Å²) in [6, 6.07) is 0. The Hall–Kier alpha value is -1.62. The van der Waals surface area contributed by atoms with Crippen LogP contribution in [0.25, 0.3) is 0 Å². The molecule has 128 valence electrons. The van der Waals surface area contributed by atoms with Crippen molar-refractivity contribution < 1.29 is 19.4 Å². The van der Waals surface area contributed by atoms with E-state index in [1.54, 1.807) is 0 Å². The maximum atomic E-state index is 12.8.